The average molecular weight is 217 g/mol. The van der Waals surface area contributed by atoms with Gasteiger partial charge in [-0.1, -0.05) is 13.8 Å². The number of hydrogen-bond donors (Lipinski definition) is 1. The van der Waals surface area contributed by atoms with Crippen molar-refractivity contribution in [3.63, 3.8) is 0 Å². The Labute approximate surface area is 91.0 Å². The van der Waals surface area contributed by atoms with E-state index in [0.29, 0.717) is 17.5 Å². The predicted molar refractivity (Wildman–Crippen MR) is 56.7 cm³/mol. The maximum Gasteiger partial charge on any atom is 0.272 e. The van der Waals surface area contributed by atoms with Gasteiger partial charge in [0.1, 0.15) is 17.4 Å². The topological polar surface area (TPSA) is 76.2 Å². The van der Waals surface area contributed by atoms with Crippen molar-refractivity contribution >= 4 is 17.6 Å². The lowest BCUT2D eigenvalue weighted by Crippen LogP contribution is -2.43. The Kier molecular flexibility index (Phi) is 1.61. The summed E-state index contributed by atoms with van der Waals surface area (Å²) in [5.41, 5.74) is -0.112. The van der Waals surface area contributed by atoms with Gasteiger partial charge in [0.15, 0.2) is 0 Å². The smallest absolute Gasteiger partial charge is 0.272 e. The van der Waals surface area contributed by atoms with Crippen LogP contribution in [0.4, 0.5) is 0 Å². The predicted octanol–water partition coefficient (Wildman–Crippen LogP) is -0.604. The van der Waals surface area contributed by atoms with Gasteiger partial charge in [0, 0.05) is 6.42 Å². The zero-order chi connectivity index (χ0) is 11.3. The molecule has 2 heterocycles. The number of aliphatic hydroxyl groups is 1. The third kappa shape index (κ3) is 1.19. The molecule has 1 N–H and O–H groups in total. The molecule has 0 unspecified atom stereocenters. The molecule has 0 saturated carbocycles. The maximum atomic E-state index is 9.93. The normalized spacial score (nSPS) is 18.2. The monoisotopic (exact) mass is 217 g/mol. The van der Waals surface area contributed by atoms with E-state index in [2.05, 4.69) is 34.1 Å². The molecule has 0 atom stereocenters. The van der Waals surface area contributed by atoms with Crippen LogP contribution < -0.4 is 10.7 Å². The zero-order valence-electron chi connectivity index (χ0n) is 9.05. The molecule has 0 amide bonds. The second-order valence-electron chi connectivity index (χ2n) is 4.66. The molecule has 1 aliphatic rings. The third-order valence-electron chi connectivity index (χ3n) is 2.66. The van der Waals surface area contributed by atoms with E-state index in [1.807, 2.05) is 6.08 Å². The van der Waals surface area contributed by atoms with Crippen LogP contribution in [0, 0.1) is 5.41 Å². The molecule has 16 heavy (non-hydrogen) atoms. The minimum Gasteiger partial charge on any atom is -0.510 e. The summed E-state index contributed by atoms with van der Waals surface area (Å²) in [5, 5.41) is 23.1. The van der Waals surface area contributed by atoms with Crippen molar-refractivity contribution in [2.75, 3.05) is 0 Å². The van der Waals surface area contributed by atoms with Crippen LogP contribution in [0.1, 0.15) is 20.3 Å². The van der Waals surface area contributed by atoms with Gasteiger partial charge in [-0.25, -0.2) is 0 Å². The molecule has 0 aromatic carbocycles. The lowest BCUT2D eigenvalue weighted by molar-refractivity contribution is 0.405. The van der Waals surface area contributed by atoms with Crippen molar-refractivity contribution < 1.29 is 5.11 Å². The molecule has 1 aliphatic carbocycles. The van der Waals surface area contributed by atoms with Gasteiger partial charge in [-0.3, -0.25) is 0 Å². The van der Waals surface area contributed by atoms with E-state index in [9.17, 15) is 5.11 Å². The number of rotatable bonds is 0. The number of nitrogens with zero attached hydrogens (tertiary/aromatic N) is 5. The Morgan fingerprint density at radius 1 is 1.38 bits per heavy atom. The van der Waals surface area contributed by atoms with Crippen LogP contribution >= 0.6 is 0 Å². The van der Waals surface area contributed by atoms with Gasteiger partial charge < -0.3 is 5.11 Å². The highest BCUT2D eigenvalue weighted by molar-refractivity contribution is 5.46. The highest BCUT2D eigenvalue weighted by Gasteiger charge is 2.23. The first-order valence-corrected chi connectivity index (χ1v) is 5.04. The number of aromatic nitrogens is 5. The van der Waals surface area contributed by atoms with E-state index in [1.54, 1.807) is 4.52 Å². The van der Waals surface area contributed by atoms with Crippen LogP contribution in [-0.4, -0.2) is 29.9 Å². The molecule has 6 heteroatoms. The van der Waals surface area contributed by atoms with E-state index in [-0.39, 0.29) is 11.2 Å². The molecule has 0 fully saturated rings. The van der Waals surface area contributed by atoms with Crippen molar-refractivity contribution in [3.05, 3.63) is 17.0 Å². The van der Waals surface area contributed by atoms with Gasteiger partial charge >= 0.3 is 0 Å². The Bertz CT molecular complexity index is 685. The minimum atomic E-state index is -0.112. The fourth-order valence-corrected chi connectivity index (χ4v) is 1.99. The quantitative estimate of drug-likeness (QED) is 0.637. The summed E-state index contributed by atoms with van der Waals surface area (Å²) >= 11 is 0. The largest absolute Gasteiger partial charge is 0.510 e. The first kappa shape index (κ1) is 9.26. The summed E-state index contributed by atoms with van der Waals surface area (Å²) in [4.78, 5) is 3.97. The van der Waals surface area contributed by atoms with E-state index in [0.717, 1.165) is 5.35 Å². The van der Waals surface area contributed by atoms with E-state index in [1.165, 1.54) is 6.33 Å². The number of fused-ring (bicyclic) bond motifs is 3. The molecule has 0 aliphatic heterocycles. The molecule has 2 aromatic heterocycles. The Hall–Kier alpha value is -1.98. The van der Waals surface area contributed by atoms with Crippen molar-refractivity contribution in [2.24, 2.45) is 5.41 Å². The Balaban J connectivity index is 2.57. The van der Waals surface area contributed by atoms with Crippen LogP contribution in [0.5, 0.6) is 0 Å². The summed E-state index contributed by atoms with van der Waals surface area (Å²) < 4.78 is 1.60. The van der Waals surface area contributed by atoms with Crippen molar-refractivity contribution in [3.8, 4) is 0 Å². The first-order valence-electron chi connectivity index (χ1n) is 5.04. The fourth-order valence-electron chi connectivity index (χ4n) is 1.99. The number of aliphatic hydroxyl groups excluding tert-OH is 1. The molecule has 0 spiro atoms. The van der Waals surface area contributed by atoms with Gasteiger partial charge in [0.05, 0.1) is 5.35 Å². The molecule has 0 radical (unpaired) electrons. The van der Waals surface area contributed by atoms with E-state index < -0.39 is 0 Å². The van der Waals surface area contributed by atoms with Crippen molar-refractivity contribution in [1.29, 1.82) is 0 Å². The third-order valence-corrected chi connectivity index (χ3v) is 2.66. The molecule has 0 saturated heterocycles. The molecule has 82 valence electrons. The Morgan fingerprint density at radius 3 is 3.00 bits per heavy atom. The van der Waals surface area contributed by atoms with Gasteiger partial charge in [-0.2, -0.15) is 14.6 Å². The molecule has 6 nitrogen and oxygen atoms in total. The van der Waals surface area contributed by atoms with Gasteiger partial charge in [0.2, 0.25) is 0 Å². The van der Waals surface area contributed by atoms with Crippen LogP contribution in [0.15, 0.2) is 6.33 Å². The van der Waals surface area contributed by atoms with Gasteiger partial charge in [0.25, 0.3) is 5.78 Å². The molecular formula is C10H11N5O. The Morgan fingerprint density at radius 2 is 2.19 bits per heavy atom. The summed E-state index contributed by atoms with van der Waals surface area (Å²) in [5.74, 6) is 0.702. The van der Waals surface area contributed by atoms with Crippen LogP contribution in [0.2, 0.25) is 0 Å². The van der Waals surface area contributed by atoms with E-state index in [4.69, 9.17) is 0 Å². The first-order chi connectivity index (χ1) is 7.57. The summed E-state index contributed by atoms with van der Waals surface area (Å²) in [6.45, 7) is 4.10. The fraction of sp³-hybridized carbons (Fsp3) is 0.400. The standard InChI is InChI=1S/C10H11N5O/c1-10(2)3-6-8(7(16)4-10)13-14-9-11-5-12-15(6)9/h3,5,16H,4H2,1-2H3. The maximum absolute atomic E-state index is 9.93. The zero-order valence-corrected chi connectivity index (χ0v) is 9.05. The molecule has 3 rings (SSSR count). The second kappa shape index (κ2) is 2.78. The highest BCUT2D eigenvalue weighted by atomic mass is 16.3. The molecule has 0 bridgehead atoms. The SMILES string of the molecule is CC1(C)C=c2c(nnc3ncnn23)=C(O)C1. The highest BCUT2D eigenvalue weighted by Crippen LogP contribution is 2.26. The minimum absolute atomic E-state index is 0.112. The number of hydrogen-bond acceptors (Lipinski definition) is 5. The van der Waals surface area contributed by atoms with Gasteiger partial charge in [-0.15, -0.1) is 10.2 Å². The lowest BCUT2D eigenvalue weighted by Gasteiger charge is -2.22. The lowest BCUT2D eigenvalue weighted by atomic mass is 9.85. The van der Waals surface area contributed by atoms with Crippen LogP contribution in [0.25, 0.3) is 17.6 Å². The van der Waals surface area contributed by atoms with Crippen LogP contribution in [0.3, 0.4) is 0 Å². The average Bonchev–Trinajstić information content (AvgIpc) is 2.63. The molecule has 2 aromatic rings. The summed E-state index contributed by atoms with van der Waals surface area (Å²) in [6.07, 6.45) is 4.03. The van der Waals surface area contributed by atoms with Crippen molar-refractivity contribution in [1.82, 2.24) is 24.8 Å². The summed E-state index contributed by atoms with van der Waals surface area (Å²) in [6, 6.07) is 0. The van der Waals surface area contributed by atoms with Crippen molar-refractivity contribution in [2.45, 2.75) is 20.3 Å². The molecular weight excluding hydrogens is 206 g/mol. The van der Waals surface area contributed by atoms with E-state index >= 15 is 0 Å². The second-order valence-corrected chi connectivity index (χ2v) is 4.66. The van der Waals surface area contributed by atoms with Crippen LogP contribution in [-0.2, 0) is 0 Å². The summed E-state index contributed by atoms with van der Waals surface area (Å²) in [7, 11) is 0. The van der Waals surface area contributed by atoms with Gasteiger partial charge in [-0.05, 0) is 11.5 Å².